The molecule has 0 saturated heterocycles. The van der Waals surface area contributed by atoms with Gasteiger partial charge in [0.25, 0.3) is 0 Å². The Kier molecular flexibility index (Phi) is 4.14. The van der Waals surface area contributed by atoms with Crippen molar-refractivity contribution < 1.29 is 9.84 Å². The summed E-state index contributed by atoms with van der Waals surface area (Å²) in [4.78, 5) is 1.14. The first kappa shape index (κ1) is 13.3. The quantitative estimate of drug-likeness (QED) is 0.889. The van der Waals surface area contributed by atoms with Gasteiger partial charge >= 0.3 is 0 Å². The molecule has 1 aromatic rings. The van der Waals surface area contributed by atoms with Crippen molar-refractivity contribution in [1.29, 1.82) is 0 Å². The summed E-state index contributed by atoms with van der Waals surface area (Å²) in [6, 6.07) is 1.90. The van der Waals surface area contributed by atoms with Crippen LogP contribution in [-0.4, -0.2) is 11.7 Å². The number of fused-ring (bicyclic) bond motifs is 1. The lowest BCUT2D eigenvalue weighted by Crippen LogP contribution is -2.36. The molecule has 1 atom stereocenters. The van der Waals surface area contributed by atoms with Crippen LogP contribution in [-0.2, 0) is 10.3 Å². The van der Waals surface area contributed by atoms with Gasteiger partial charge in [0, 0.05) is 10.4 Å². The van der Waals surface area contributed by atoms with E-state index in [0.29, 0.717) is 6.61 Å². The lowest BCUT2D eigenvalue weighted by atomic mass is 9.85. The van der Waals surface area contributed by atoms with Gasteiger partial charge in [-0.15, -0.1) is 11.3 Å². The maximum absolute atomic E-state index is 9.97. The van der Waals surface area contributed by atoms with E-state index in [0.717, 1.165) is 40.5 Å². The molecule has 1 unspecified atom stereocenters. The van der Waals surface area contributed by atoms with Crippen molar-refractivity contribution in [3.8, 4) is 0 Å². The lowest BCUT2D eigenvalue weighted by molar-refractivity contribution is -0.111. The summed E-state index contributed by atoms with van der Waals surface area (Å²) in [7, 11) is 0. The second kappa shape index (κ2) is 5.27. The van der Waals surface area contributed by atoms with Crippen LogP contribution in [0.3, 0.4) is 0 Å². The summed E-state index contributed by atoms with van der Waals surface area (Å²) < 4.78 is 6.75. The molecule has 1 N–H and O–H groups in total. The van der Waals surface area contributed by atoms with Gasteiger partial charge in [-0.05, 0) is 18.9 Å². The Morgan fingerprint density at radius 1 is 1.47 bits per heavy atom. The number of thiophene rings is 1. The van der Waals surface area contributed by atoms with Gasteiger partial charge in [-0.25, -0.2) is 0 Å². The molecular formula is C13H19ClO2S. The van der Waals surface area contributed by atoms with E-state index >= 15 is 0 Å². The Hall–Kier alpha value is -0.0900. The fraction of sp³-hybridized carbons (Fsp3) is 0.692. The molecule has 1 aromatic heterocycles. The Labute approximate surface area is 112 Å². The summed E-state index contributed by atoms with van der Waals surface area (Å²) in [6.07, 6.45) is 3.63. The highest BCUT2D eigenvalue weighted by molar-refractivity contribution is 7.16. The predicted octanol–water partition coefficient (Wildman–Crippen LogP) is 4.26. The largest absolute Gasteiger partial charge is 0.386 e. The molecular weight excluding hydrogens is 256 g/mol. The van der Waals surface area contributed by atoms with Crippen LogP contribution in [0.4, 0.5) is 0 Å². The molecule has 0 saturated carbocycles. The molecule has 1 aliphatic rings. The average Bonchev–Trinajstić information content (AvgIpc) is 2.68. The third kappa shape index (κ3) is 2.39. The van der Waals surface area contributed by atoms with Gasteiger partial charge in [-0.1, -0.05) is 38.3 Å². The van der Waals surface area contributed by atoms with Crippen molar-refractivity contribution in [2.45, 2.75) is 51.2 Å². The van der Waals surface area contributed by atoms with Crippen molar-refractivity contribution in [1.82, 2.24) is 0 Å². The summed E-state index contributed by atoms with van der Waals surface area (Å²) in [5.74, 6) is 0. The van der Waals surface area contributed by atoms with E-state index in [4.69, 9.17) is 16.3 Å². The standard InChI is InChI=1S/C13H19ClO2S/c1-3-5-13(6-4-2)12-9(7-11(14)17-12)10(15)8-16-13/h7,10,15H,3-6,8H2,1-2H3. The van der Waals surface area contributed by atoms with E-state index in [-0.39, 0.29) is 5.60 Å². The molecule has 2 rings (SSSR count). The van der Waals surface area contributed by atoms with Crippen LogP contribution >= 0.6 is 22.9 Å². The summed E-state index contributed by atoms with van der Waals surface area (Å²) in [5, 5.41) is 9.97. The maximum atomic E-state index is 9.97. The minimum atomic E-state index is -0.518. The van der Waals surface area contributed by atoms with Gasteiger partial charge in [0.2, 0.25) is 0 Å². The average molecular weight is 275 g/mol. The fourth-order valence-corrected chi connectivity index (χ4v) is 4.17. The first-order valence-corrected chi connectivity index (χ1v) is 7.44. The number of rotatable bonds is 4. The van der Waals surface area contributed by atoms with Crippen molar-refractivity contribution in [3.63, 3.8) is 0 Å². The van der Waals surface area contributed by atoms with Crippen molar-refractivity contribution in [2.75, 3.05) is 6.61 Å². The van der Waals surface area contributed by atoms with Crippen LogP contribution in [0, 0.1) is 0 Å². The molecule has 0 aliphatic carbocycles. The van der Waals surface area contributed by atoms with Crippen LogP contribution in [0.2, 0.25) is 4.34 Å². The molecule has 0 amide bonds. The van der Waals surface area contributed by atoms with Gasteiger partial charge in [0.15, 0.2) is 0 Å². The highest BCUT2D eigenvalue weighted by Crippen LogP contribution is 2.48. The van der Waals surface area contributed by atoms with Crippen molar-refractivity contribution in [3.05, 3.63) is 20.8 Å². The minimum Gasteiger partial charge on any atom is -0.386 e. The van der Waals surface area contributed by atoms with Gasteiger partial charge in [0.05, 0.1) is 10.9 Å². The third-order valence-electron chi connectivity index (χ3n) is 3.33. The highest BCUT2D eigenvalue weighted by Gasteiger charge is 2.41. The number of aliphatic hydroxyl groups is 1. The van der Waals surface area contributed by atoms with Crippen LogP contribution in [0.1, 0.15) is 56.1 Å². The van der Waals surface area contributed by atoms with Gasteiger partial charge in [-0.3, -0.25) is 0 Å². The molecule has 4 heteroatoms. The van der Waals surface area contributed by atoms with Crippen LogP contribution in [0.15, 0.2) is 6.07 Å². The van der Waals surface area contributed by atoms with E-state index in [1.807, 2.05) is 6.07 Å². The number of ether oxygens (including phenoxy) is 1. The van der Waals surface area contributed by atoms with Gasteiger partial charge in [-0.2, -0.15) is 0 Å². The smallest absolute Gasteiger partial charge is 0.104 e. The number of aliphatic hydroxyl groups excluding tert-OH is 1. The molecule has 0 fully saturated rings. The van der Waals surface area contributed by atoms with Crippen LogP contribution in [0.25, 0.3) is 0 Å². The number of hydrogen-bond donors (Lipinski definition) is 1. The topological polar surface area (TPSA) is 29.5 Å². The first-order valence-electron chi connectivity index (χ1n) is 6.24. The number of hydrogen-bond acceptors (Lipinski definition) is 3. The van der Waals surface area contributed by atoms with E-state index in [1.54, 1.807) is 11.3 Å². The zero-order chi connectivity index (χ0) is 12.5. The number of halogens is 1. The molecule has 1 aliphatic heterocycles. The summed E-state index contributed by atoms with van der Waals surface area (Å²) in [6.45, 7) is 4.72. The summed E-state index contributed by atoms with van der Waals surface area (Å²) in [5.41, 5.74) is 0.767. The highest BCUT2D eigenvalue weighted by atomic mass is 35.5. The molecule has 0 bridgehead atoms. The molecule has 2 heterocycles. The predicted molar refractivity (Wildman–Crippen MR) is 71.7 cm³/mol. The molecule has 17 heavy (non-hydrogen) atoms. The Morgan fingerprint density at radius 3 is 2.71 bits per heavy atom. The van der Waals surface area contributed by atoms with Gasteiger partial charge in [0.1, 0.15) is 11.7 Å². The van der Waals surface area contributed by atoms with Crippen molar-refractivity contribution >= 4 is 22.9 Å². The summed E-state index contributed by atoms with van der Waals surface area (Å²) >= 11 is 7.66. The van der Waals surface area contributed by atoms with Crippen LogP contribution < -0.4 is 0 Å². The zero-order valence-corrected chi connectivity index (χ0v) is 11.9. The normalized spacial score (nSPS) is 22.5. The van der Waals surface area contributed by atoms with E-state index in [1.165, 1.54) is 0 Å². The Balaban J connectivity index is 2.44. The Bertz CT molecular complexity index is 383. The maximum Gasteiger partial charge on any atom is 0.104 e. The molecule has 2 nitrogen and oxygen atoms in total. The molecule has 96 valence electrons. The molecule has 0 aromatic carbocycles. The Morgan fingerprint density at radius 2 is 2.12 bits per heavy atom. The third-order valence-corrected chi connectivity index (χ3v) is 4.79. The van der Waals surface area contributed by atoms with Gasteiger partial charge < -0.3 is 9.84 Å². The first-order chi connectivity index (χ1) is 8.13. The van der Waals surface area contributed by atoms with Crippen LogP contribution in [0.5, 0.6) is 0 Å². The fourth-order valence-electron chi connectivity index (χ4n) is 2.68. The minimum absolute atomic E-state index is 0.212. The van der Waals surface area contributed by atoms with Crippen molar-refractivity contribution in [2.24, 2.45) is 0 Å². The zero-order valence-electron chi connectivity index (χ0n) is 10.3. The molecule has 0 spiro atoms. The van der Waals surface area contributed by atoms with E-state index < -0.39 is 6.10 Å². The SMILES string of the molecule is CCCC1(CCC)OCC(O)c2cc(Cl)sc21. The monoisotopic (exact) mass is 274 g/mol. The second-order valence-electron chi connectivity index (χ2n) is 4.66. The molecule has 0 radical (unpaired) electrons. The van der Waals surface area contributed by atoms with E-state index in [9.17, 15) is 5.11 Å². The second-order valence-corrected chi connectivity index (χ2v) is 6.34. The lowest BCUT2D eigenvalue weighted by Gasteiger charge is -2.39. The van der Waals surface area contributed by atoms with E-state index in [2.05, 4.69) is 13.8 Å².